The predicted octanol–water partition coefficient (Wildman–Crippen LogP) is 3.56. The lowest BCUT2D eigenvalue weighted by Gasteiger charge is -2.30. The van der Waals surface area contributed by atoms with Crippen LogP contribution in [0.1, 0.15) is 40.2 Å². The zero-order chi connectivity index (χ0) is 13.7. The molecule has 0 unspecified atom stereocenters. The van der Waals surface area contributed by atoms with E-state index in [2.05, 4.69) is 44.8 Å². The van der Waals surface area contributed by atoms with Gasteiger partial charge in [-0.2, -0.15) is 0 Å². The van der Waals surface area contributed by atoms with Gasteiger partial charge in [-0.25, -0.2) is 4.39 Å². The lowest BCUT2D eigenvalue weighted by Crippen LogP contribution is -2.33. The van der Waals surface area contributed by atoms with Gasteiger partial charge in [0, 0.05) is 25.2 Å². The van der Waals surface area contributed by atoms with Crippen molar-refractivity contribution in [2.24, 2.45) is 0 Å². The van der Waals surface area contributed by atoms with Crippen LogP contribution >= 0.6 is 0 Å². The second kappa shape index (κ2) is 6.74. The van der Waals surface area contributed by atoms with Crippen LogP contribution in [-0.4, -0.2) is 18.6 Å². The Hall–Kier alpha value is -1.09. The Kier molecular flexibility index (Phi) is 5.60. The second-order valence-electron chi connectivity index (χ2n) is 5.16. The molecule has 0 aromatic heterocycles. The largest absolute Gasteiger partial charge is 0.367 e. The number of anilines is 1. The Bertz CT molecular complexity index is 375. The van der Waals surface area contributed by atoms with E-state index in [1.807, 2.05) is 6.07 Å². The third-order valence-electron chi connectivity index (χ3n) is 3.02. The zero-order valence-corrected chi connectivity index (χ0v) is 12.1. The van der Waals surface area contributed by atoms with Gasteiger partial charge >= 0.3 is 0 Å². The number of halogens is 1. The minimum absolute atomic E-state index is 0.131. The molecule has 102 valence electrons. The maximum atomic E-state index is 14.1. The van der Waals surface area contributed by atoms with Crippen molar-refractivity contribution in [3.8, 4) is 0 Å². The first-order valence-electron chi connectivity index (χ1n) is 6.74. The topological polar surface area (TPSA) is 15.3 Å². The molecular weight excluding hydrogens is 227 g/mol. The number of nitrogens with zero attached hydrogens (tertiary/aromatic N) is 1. The van der Waals surface area contributed by atoms with Gasteiger partial charge in [-0.3, -0.25) is 0 Å². The first-order valence-corrected chi connectivity index (χ1v) is 6.74. The van der Waals surface area contributed by atoms with E-state index in [0.29, 0.717) is 18.6 Å². The number of benzene rings is 1. The van der Waals surface area contributed by atoms with Crippen LogP contribution in [0.5, 0.6) is 0 Å². The summed E-state index contributed by atoms with van der Waals surface area (Å²) in [7, 11) is 0. The number of hydrogen-bond acceptors (Lipinski definition) is 2. The third-order valence-corrected chi connectivity index (χ3v) is 3.02. The van der Waals surface area contributed by atoms with E-state index in [-0.39, 0.29) is 5.82 Å². The van der Waals surface area contributed by atoms with E-state index in [1.54, 1.807) is 12.1 Å². The van der Waals surface area contributed by atoms with Crippen molar-refractivity contribution < 1.29 is 4.39 Å². The van der Waals surface area contributed by atoms with Gasteiger partial charge in [0.2, 0.25) is 0 Å². The summed E-state index contributed by atoms with van der Waals surface area (Å²) in [4.78, 5) is 2.10. The molecule has 0 saturated heterocycles. The average Bonchev–Trinajstić information content (AvgIpc) is 2.29. The van der Waals surface area contributed by atoms with Gasteiger partial charge < -0.3 is 10.2 Å². The van der Waals surface area contributed by atoms with Crippen LogP contribution in [0.25, 0.3) is 0 Å². The molecule has 0 radical (unpaired) electrons. The van der Waals surface area contributed by atoms with Crippen molar-refractivity contribution in [2.75, 3.05) is 11.4 Å². The average molecular weight is 252 g/mol. The van der Waals surface area contributed by atoms with Gasteiger partial charge in [0.15, 0.2) is 0 Å². The summed E-state index contributed by atoms with van der Waals surface area (Å²) < 4.78 is 14.1. The monoisotopic (exact) mass is 252 g/mol. The van der Waals surface area contributed by atoms with E-state index in [0.717, 1.165) is 17.8 Å². The molecule has 2 nitrogen and oxygen atoms in total. The molecule has 0 heterocycles. The van der Waals surface area contributed by atoms with E-state index in [4.69, 9.17) is 0 Å². The van der Waals surface area contributed by atoms with Crippen molar-refractivity contribution in [1.29, 1.82) is 0 Å². The molecule has 1 aromatic carbocycles. The maximum absolute atomic E-state index is 14.1. The van der Waals surface area contributed by atoms with E-state index in [9.17, 15) is 4.39 Å². The summed E-state index contributed by atoms with van der Waals surface area (Å²) in [6, 6.07) is 6.02. The lowest BCUT2D eigenvalue weighted by atomic mass is 10.1. The Labute approximate surface area is 110 Å². The Morgan fingerprint density at radius 2 is 1.89 bits per heavy atom. The van der Waals surface area contributed by atoms with Gasteiger partial charge in [0.05, 0.1) is 5.69 Å². The third kappa shape index (κ3) is 3.70. The molecule has 0 fully saturated rings. The van der Waals surface area contributed by atoms with Gasteiger partial charge in [-0.05, 0) is 32.4 Å². The first kappa shape index (κ1) is 15.0. The van der Waals surface area contributed by atoms with Gasteiger partial charge in [-0.15, -0.1) is 0 Å². The fourth-order valence-corrected chi connectivity index (χ4v) is 2.12. The molecule has 1 aromatic rings. The second-order valence-corrected chi connectivity index (χ2v) is 5.16. The Balaban J connectivity index is 3.06. The van der Waals surface area contributed by atoms with E-state index < -0.39 is 0 Å². The first-order chi connectivity index (χ1) is 8.47. The number of rotatable bonds is 6. The quantitative estimate of drug-likeness (QED) is 0.833. The Morgan fingerprint density at radius 3 is 2.39 bits per heavy atom. The highest BCUT2D eigenvalue weighted by molar-refractivity contribution is 5.55. The molecular formula is C15H25FN2. The van der Waals surface area contributed by atoms with Crippen molar-refractivity contribution in [1.82, 2.24) is 5.32 Å². The Morgan fingerprint density at radius 1 is 1.22 bits per heavy atom. The van der Waals surface area contributed by atoms with Gasteiger partial charge in [0.1, 0.15) is 5.82 Å². The van der Waals surface area contributed by atoms with Gasteiger partial charge in [-0.1, -0.05) is 26.0 Å². The van der Waals surface area contributed by atoms with E-state index in [1.165, 1.54) is 0 Å². The SMILES string of the molecule is CCN(c1c(F)cccc1CNC(C)C)C(C)C. The highest BCUT2D eigenvalue weighted by atomic mass is 19.1. The molecule has 0 aliphatic rings. The molecule has 0 saturated carbocycles. The minimum atomic E-state index is -0.131. The highest BCUT2D eigenvalue weighted by Crippen LogP contribution is 2.26. The summed E-state index contributed by atoms with van der Waals surface area (Å²) >= 11 is 0. The molecule has 3 heteroatoms. The van der Waals surface area contributed by atoms with Crippen LogP contribution < -0.4 is 10.2 Å². The van der Waals surface area contributed by atoms with Crippen molar-refractivity contribution in [2.45, 2.75) is 53.2 Å². The molecule has 0 aliphatic heterocycles. The van der Waals surface area contributed by atoms with Crippen LogP contribution in [0.3, 0.4) is 0 Å². The highest BCUT2D eigenvalue weighted by Gasteiger charge is 2.17. The van der Waals surface area contributed by atoms with Crippen LogP contribution in [0.15, 0.2) is 18.2 Å². The standard InChI is InChI=1S/C15H25FN2/c1-6-18(12(4)5)15-13(10-17-11(2)3)8-7-9-14(15)16/h7-9,11-12,17H,6,10H2,1-5H3. The molecule has 1 N–H and O–H groups in total. The molecule has 0 spiro atoms. The summed E-state index contributed by atoms with van der Waals surface area (Å²) in [5, 5.41) is 3.35. The zero-order valence-electron chi connectivity index (χ0n) is 12.1. The van der Waals surface area contributed by atoms with Crippen LogP contribution in [-0.2, 0) is 6.54 Å². The summed E-state index contributed by atoms with van der Waals surface area (Å²) in [5.41, 5.74) is 1.77. The van der Waals surface area contributed by atoms with Crippen LogP contribution in [0.4, 0.5) is 10.1 Å². The number of nitrogens with one attached hydrogen (secondary N) is 1. The molecule has 1 rings (SSSR count). The summed E-state index contributed by atoms with van der Waals surface area (Å²) in [5.74, 6) is -0.131. The summed E-state index contributed by atoms with van der Waals surface area (Å²) in [6.45, 7) is 12.0. The van der Waals surface area contributed by atoms with Crippen LogP contribution in [0.2, 0.25) is 0 Å². The number of para-hydroxylation sites is 1. The van der Waals surface area contributed by atoms with Crippen molar-refractivity contribution in [3.05, 3.63) is 29.6 Å². The molecule has 18 heavy (non-hydrogen) atoms. The smallest absolute Gasteiger partial charge is 0.146 e. The predicted molar refractivity (Wildman–Crippen MR) is 76.5 cm³/mol. The summed E-state index contributed by atoms with van der Waals surface area (Å²) in [6.07, 6.45) is 0. The van der Waals surface area contributed by atoms with Crippen molar-refractivity contribution >= 4 is 5.69 Å². The molecule has 0 aliphatic carbocycles. The number of hydrogen-bond donors (Lipinski definition) is 1. The normalized spacial score (nSPS) is 11.3. The molecule has 0 atom stereocenters. The van der Waals surface area contributed by atoms with Crippen LogP contribution in [0, 0.1) is 5.82 Å². The van der Waals surface area contributed by atoms with Gasteiger partial charge in [0.25, 0.3) is 0 Å². The molecule has 0 amide bonds. The lowest BCUT2D eigenvalue weighted by molar-refractivity contribution is 0.571. The fourth-order valence-electron chi connectivity index (χ4n) is 2.12. The fraction of sp³-hybridized carbons (Fsp3) is 0.600. The minimum Gasteiger partial charge on any atom is -0.367 e. The maximum Gasteiger partial charge on any atom is 0.146 e. The van der Waals surface area contributed by atoms with E-state index >= 15 is 0 Å². The molecule has 0 bridgehead atoms. The van der Waals surface area contributed by atoms with Crippen molar-refractivity contribution in [3.63, 3.8) is 0 Å².